The van der Waals surface area contributed by atoms with Crippen molar-refractivity contribution in [2.75, 3.05) is 0 Å². The fourth-order valence-corrected chi connectivity index (χ4v) is 3.72. The van der Waals surface area contributed by atoms with Crippen molar-refractivity contribution in [2.24, 2.45) is 5.92 Å². The zero-order valence-corrected chi connectivity index (χ0v) is 12.7. The molecule has 0 aliphatic heterocycles. The summed E-state index contributed by atoms with van der Waals surface area (Å²) in [7, 11) is 0. The SMILES string of the molecule is CC1=CC=C(C2CCC(c3ccccc3F)CC2)C(F)C1F. The summed E-state index contributed by atoms with van der Waals surface area (Å²) in [6, 6.07) is 6.87. The molecule has 2 unspecified atom stereocenters. The van der Waals surface area contributed by atoms with Crippen molar-refractivity contribution in [2.45, 2.75) is 50.9 Å². The third-order valence-corrected chi connectivity index (χ3v) is 5.09. The average molecular weight is 306 g/mol. The van der Waals surface area contributed by atoms with Gasteiger partial charge in [0.15, 0.2) is 12.3 Å². The number of hydrogen-bond acceptors (Lipinski definition) is 0. The molecule has 0 nitrogen and oxygen atoms in total. The van der Waals surface area contributed by atoms with Crippen LogP contribution < -0.4 is 0 Å². The monoisotopic (exact) mass is 306 g/mol. The molecule has 118 valence electrons. The molecule has 1 fully saturated rings. The third kappa shape index (κ3) is 2.86. The summed E-state index contributed by atoms with van der Waals surface area (Å²) in [6.45, 7) is 1.62. The Morgan fingerprint density at radius 1 is 0.864 bits per heavy atom. The molecule has 1 aromatic carbocycles. The minimum atomic E-state index is -1.51. The number of alkyl halides is 2. The maximum Gasteiger partial charge on any atom is 0.157 e. The predicted octanol–water partition coefficient (Wildman–Crippen LogP) is 5.66. The van der Waals surface area contributed by atoms with Crippen LogP contribution in [0, 0.1) is 11.7 Å². The standard InChI is InChI=1S/C19H21F3/c1-12-6-11-16(19(22)18(12)21)14-9-7-13(8-10-14)15-4-2-3-5-17(15)20/h2-6,11,13-14,18-19H,7-10H2,1H3. The molecular weight excluding hydrogens is 285 g/mol. The maximum atomic E-state index is 14.2. The van der Waals surface area contributed by atoms with Crippen molar-refractivity contribution in [3.8, 4) is 0 Å². The summed E-state index contributed by atoms with van der Waals surface area (Å²) < 4.78 is 41.9. The fourth-order valence-electron chi connectivity index (χ4n) is 3.72. The molecule has 1 saturated carbocycles. The van der Waals surface area contributed by atoms with Gasteiger partial charge in [-0.15, -0.1) is 0 Å². The first kappa shape index (κ1) is 15.4. The lowest BCUT2D eigenvalue weighted by Crippen LogP contribution is -2.29. The van der Waals surface area contributed by atoms with Gasteiger partial charge in [-0.2, -0.15) is 0 Å². The van der Waals surface area contributed by atoms with Gasteiger partial charge in [-0.1, -0.05) is 30.4 Å². The molecule has 0 saturated heterocycles. The van der Waals surface area contributed by atoms with E-state index in [4.69, 9.17) is 0 Å². The van der Waals surface area contributed by atoms with Crippen LogP contribution in [0.2, 0.25) is 0 Å². The molecule has 3 rings (SSSR count). The summed E-state index contributed by atoms with van der Waals surface area (Å²) in [5.74, 6) is 0.118. The molecule has 22 heavy (non-hydrogen) atoms. The van der Waals surface area contributed by atoms with Gasteiger partial charge < -0.3 is 0 Å². The number of rotatable bonds is 2. The normalized spacial score (nSPS) is 32.4. The van der Waals surface area contributed by atoms with E-state index in [-0.39, 0.29) is 17.7 Å². The first-order valence-electron chi connectivity index (χ1n) is 7.98. The lowest BCUT2D eigenvalue weighted by Gasteiger charge is -2.33. The molecule has 0 amide bonds. The molecule has 2 aliphatic carbocycles. The smallest absolute Gasteiger partial charge is 0.157 e. The predicted molar refractivity (Wildman–Crippen MR) is 82.7 cm³/mol. The van der Waals surface area contributed by atoms with Crippen LogP contribution in [0.3, 0.4) is 0 Å². The Labute approximate surface area is 129 Å². The number of benzene rings is 1. The van der Waals surface area contributed by atoms with Gasteiger partial charge in [0.05, 0.1) is 0 Å². The third-order valence-electron chi connectivity index (χ3n) is 5.09. The van der Waals surface area contributed by atoms with Crippen molar-refractivity contribution < 1.29 is 13.2 Å². The Morgan fingerprint density at radius 3 is 2.18 bits per heavy atom. The first-order chi connectivity index (χ1) is 10.6. The lowest BCUT2D eigenvalue weighted by molar-refractivity contribution is 0.199. The molecule has 1 aromatic rings. The van der Waals surface area contributed by atoms with Crippen molar-refractivity contribution in [1.82, 2.24) is 0 Å². The van der Waals surface area contributed by atoms with Crippen LogP contribution in [-0.4, -0.2) is 12.3 Å². The van der Waals surface area contributed by atoms with Crippen molar-refractivity contribution >= 4 is 0 Å². The lowest BCUT2D eigenvalue weighted by atomic mass is 9.73. The minimum Gasteiger partial charge on any atom is -0.239 e. The van der Waals surface area contributed by atoms with Gasteiger partial charge in [0.2, 0.25) is 0 Å². The van der Waals surface area contributed by atoms with E-state index < -0.39 is 12.3 Å². The van der Waals surface area contributed by atoms with Gasteiger partial charge >= 0.3 is 0 Å². The second-order valence-electron chi connectivity index (χ2n) is 6.45. The van der Waals surface area contributed by atoms with Crippen molar-refractivity contribution in [3.05, 3.63) is 58.9 Å². The van der Waals surface area contributed by atoms with Crippen molar-refractivity contribution in [1.29, 1.82) is 0 Å². The molecule has 0 radical (unpaired) electrons. The van der Waals surface area contributed by atoms with E-state index in [1.54, 1.807) is 25.1 Å². The number of hydrogen-bond donors (Lipinski definition) is 0. The van der Waals surface area contributed by atoms with Crippen LogP contribution in [-0.2, 0) is 0 Å². The van der Waals surface area contributed by atoms with E-state index >= 15 is 0 Å². The summed E-state index contributed by atoms with van der Waals surface area (Å²) in [5.41, 5.74) is 1.80. The highest BCUT2D eigenvalue weighted by Crippen LogP contribution is 2.42. The van der Waals surface area contributed by atoms with Gasteiger partial charge in [0, 0.05) is 0 Å². The highest BCUT2D eigenvalue weighted by molar-refractivity contribution is 5.33. The van der Waals surface area contributed by atoms with Crippen LogP contribution in [0.4, 0.5) is 13.2 Å². The molecule has 2 atom stereocenters. The average Bonchev–Trinajstić information content (AvgIpc) is 2.54. The second-order valence-corrected chi connectivity index (χ2v) is 6.45. The maximum absolute atomic E-state index is 14.2. The van der Waals surface area contributed by atoms with Crippen LogP contribution in [0.1, 0.15) is 44.1 Å². The first-order valence-corrected chi connectivity index (χ1v) is 7.98. The molecule has 0 aromatic heterocycles. The summed E-state index contributed by atoms with van der Waals surface area (Å²) >= 11 is 0. The highest BCUT2D eigenvalue weighted by atomic mass is 19.2. The van der Waals surface area contributed by atoms with Gasteiger partial charge in [-0.05, 0) is 67.2 Å². The molecule has 0 bridgehead atoms. The van der Waals surface area contributed by atoms with E-state index in [1.165, 1.54) is 6.07 Å². The van der Waals surface area contributed by atoms with Crippen LogP contribution >= 0.6 is 0 Å². The Morgan fingerprint density at radius 2 is 1.50 bits per heavy atom. The Kier molecular flexibility index (Phi) is 4.42. The van der Waals surface area contributed by atoms with E-state index in [2.05, 4.69) is 0 Å². The zero-order chi connectivity index (χ0) is 15.7. The molecule has 0 heterocycles. The summed E-state index contributed by atoms with van der Waals surface area (Å²) in [4.78, 5) is 0. The van der Waals surface area contributed by atoms with E-state index in [9.17, 15) is 13.2 Å². The second kappa shape index (κ2) is 6.31. The van der Waals surface area contributed by atoms with E-state index in [0.29, 0.717) is 11.1 Å². The Balaban J connectivity index is 1.69. The number of allylic oxidation sites excluding steroid dienone is 4. The van der Waals surface area contributed by atoms with Crippen LogP contribution in [0.25, 0.3) is 0 Å². The fraction of sp³-hybridized carbons (Fsp3) is 0.474. The van der Waals surface area contributed by atoms with Gasteiger partial charge in [-0.25, -0.2) is 13.2 Å². The van der Waals surface area contributed by atoms with Crippen molar-refractivity contribution in [3.63, 3.8) is 0 Å². The molecular formula is C19H21F3. The Bertz CT molecular complexity index is 594. The number of halogens is 3. The molecule has 0 spiro atoms. The molecule has 2 aliphatic rings. The zero-order valence-electron chi connectivity index (χ0n) is 12.7. The van der Waals surface area contributed by atoms with Crippen LogP contribution in [0.5, 0.6) is 0 Å². The Hall–Kier alpha value is -1.51. The summed E-state index contributed by atoms with van der Waals surface area (Å²) in [6.07, 6.45) is 3.67. The molecule has 3 heteroatoms. The summed E-state index contributed by atoms with van der Waals surface area (Å²) in [5, 5.41) is 0. The minimum absolute atomic E-state index is 0.0839. The van der Waals surface area contributed by atoms with Gasteiger partial charge in [-0.3, -0.25) is 0 Å². The van der Waals surface area contributed by atoms with E-state index in [0.717, 1.165) is 31.2 Å². The largest absolute Gasteiger partial charge is 0.239 e. The highest BCUT2D eigenvalue weighted by Gasteiger charge is 2.35. The quantitative estimate of drug-likeness (QED) is 0.661. The van der Waals surface area contributed by atoms with E-state index in [1.807, 2.05) is 12.1 Å². The van der Waals surface area contributed by atoms with Crippen LogP contribution in [0.15, 0.2) is 47.6 Å². The van der Waals surface area contributed by atoms with Gasteiger partial charge in [0.1, 0.15) is 5.82 Å². The topological polar surface area (TPSA) is 0 Å². The molecule has 0 N–H and O–H groups in total. The van der Waals surface area contributed by atoms with Gasteiger partial charge in [0.25, 0.3) is 0 Å².